The zero-order valence-electron chi connectivity index (χ0n) is 14.5. The summed E-state index contributed by atoms with van der Waals surface area (Å²) in [5, 5.41) is 15.2. The lowest BCUT2D eigenvalue weighted by Gasteiger charge is -2.13. The number of carbonyl (C=O) groups excluding carboxylic acids is 1. The summed E-state index contributed by atoms with van der Waals surface area (Å²) in [4.78, 5) is 12.4. The molecule has 0 saturated carbocycles. The number of carbonyl (C=O) groups is 1. The lowest BCUT2D eigenvalue weighted by Crippen LogP contribution is -2.22. The van der Waals surface area contributed by atoms with Crippen molar-refractivity contribution in [1.29, 1.82) is 0 Å². The van der Waals surface area contributed by atoms with E-state index in [0.717, 1.165) is 17.1 Å². The van der Waals surface area contributed by atoms with Crippen molar-refractivity contribution in [2.45, 2.75) is 38.1 Å². The summed E-state index contributed by atoms with van der Waals surface area (Å²) in [5.74, 6) is 0.930. The summed E-state index contributed by atoms with van der Waals surface area (Å²) in [5.41, 5.74) is 2.83. The van der Waals surface area contributed by atoms with Gasteiger partial charge in [0.1, 0.15) is 5.82 Å². The number of para-hydroxylation sites is 1. The van der Waals surface area contributed by atoms with E-state index in [1.165, 1.54) is 11.8 Å². The number of nitrogens with one attached hydrogen (secondary N) is 1. The number of hydrogen-bond donors (Lipinski definition) is 1. The van der Waals surface area contributed by atoms with Crippen molar-refractivity contribution in [3.63, 3.8) is 0 Å². The Bertz CT molecular complexity index is 902. The normalized spacial score (nSPS) is 12.2. The van der Waals surface area contributed by atoms with Crippen LogP contribution in [-0.4, -0.2) is 31.1 Å². The molecule has 2 heterocycles. The van der Waals surface area contributed by atoms with E-state index in [1.54, 1.807) is 13.0 Å². The van der Waals surface area contributed by atoms with Crippen molar-refractivity contribution in [3.05, 3.63) is 47.4 Å². The van der Waals surface area contributed by atoms with Crippen LogP contribution < -0.4 is 5.32 Å². The molecule has 7 nitrogen and oxygen atoms in total. The lowest BCUT2D eigenvalue weighted by atomic mass is 10.2. The first kappa shape index (κ1) is 17.2. The molecular weight excluding hydrogens is 338 g/mol. The second-order valence-electron chi connectivity index (χ2n) is 5.73. The molecule has 2 aromatic heterocycles. The minimum Gasteiger partial charge on any atom is -0.338 e. The molecular formula is C17H19N5O2S. The van der Waals surface area contributed by atoms with Crippen molar-refractivity contribution in [1.82, 2.24) is 19.9 Å². The highest BCUT2D eigenvalue weighted by Gasteiger charge is 2.21. The molecule has 25 heavy (non-hydrogen) atoms. The first-order valence-electron chi connectivity index (χ1n) is 7.84. The van der Waals surface area contributed by atoms with Crippen LogP contribution in [0.2, 0.25) is 0 Å². The standard InChI is InChI=1S/C17H19N5O2S/c1-10-7-5-6-8-14(10)22-13(4)19-20-17(22)25-12(3)16(23)18-15-9-11(2)21-24-15/h5-9,12H,1-4H3,(H,18,23). The SMILES string of the molecule is Cc1cc(NC(=O)C(C)Sc2nnc(C)n2-c2ccccc2C)on1. The van der Waals surface area contributed by atoms with Crippen LogP contribution in [0.1, 0.15) is 24.0 Å². The van der Waals surface area contributed by atoms with Gasteiger partial charge in [0.15, 0.2) is 5.16 Å². The average molecular weight is 357 g/mol. The molecule has 1 aromatic carbocycles. The Morgan fingerprint density at radius 1 is 1.24 bits per heavy atom. The Kier molecular flexibility index (Phi) is 4.89. The summed E-state index contributed by atoms with van der Waals surface area (Å²) in [6.45, 7) is 7.54. The summed E-state index contributed by atoms with van der Waals surface area (Å²) in [7, 11) is 0. The van der Waals surface area contributed by atoms with Gasteiger partial charge in [0.25, 0.3) is 0 Å². The number of nitrogens with zero attached hydrogens (tertiary/aromatic N) is 4. The van der Waals surface area contributed by atoms with Crippen molar-refractivity contribution in [2.75, 3.05) is 5.32 Å². The predicted octanol–water partition coefficient (Wildman–Crippen LogP) is 3.30. The van der Waals surface area contributed by atoms with Gasteiger partial charge in [-0.05, 0) is 39.3 Å². The largest absolute Gasteiger partial charge is 0.338 e. The third-order valence-electron chi connectivity index (χ3n) is 3.68. The number of hydrogen-bond acceptors (Lipinski definition) is 6. The molecule has 8 heteroatoms. The molecule has 0 aliphatic heterocycles. The molecule has 1 N–H and O–H groups in total. The van der Waals surface area contributed by atoms with Gasteiger partial charge in [-0.15, -0.1) is 10.2 Å². The van der Waals surface area contributed by atoms with E-state index in [4.69, 9.17) is 4.52 Å². The number of aromatic nitrogens is 4. The molecule has 1 unspecified atom stereocenters. The zero-order valence-corrected chi connectivity index (χ0v) is 15.3. The molecule has 0 aliphatic carbocycles. The van der Waals surface area contributed by atoms with Gasteiger partial charge < -0.3 is 4.52 Å². The number of thioether (sulfide) groups is 1. The highest BCUT2D eigenvalue weighted by atomic mass is 32.2. The molecule has 0 radical (unpaired) electrons. The second kappa shape index (κ2) is 7.10. The van der Waals surface area contributed by atoms with Crippen LogP contribution in [0, 0.1) is 20.8 Å². The minimum atomic E-state index is -0.378. The Hall–Kier alpha value is -2.61. The Morgan fingerprint density at radius 2 is 2.00 bits per heavy atom. The Balaban J connectivity index is 1.79. The van der Waals surface area contributed by atoms with Crippen molar-refractivity contribution < 1.29 is 9.32 Å². The number of aryl methyl sites for hydroxylation is 3. The molecule has 0 bridgehead atoms. The van der Waals surface area contributed by atoms with Crippen molar-refractivity contribution in [2.24, 2.45) is 0 Å². The number of benzene rings is 1. The summed E-state index contributed by atoms with van der Waals surface area (Å²) < 4.78 is 6.98. The van der Waals surface area contributed by atoms with Gasteiger partial charge in [0, 0.05) is 6.07 Å². The average Bonchev–Trinajstić information content (AvgIpc) is 3.14. The minimum absolute atomic E-state index is 0.182. The molecule has 0 spiro atoms. The third kappa shape index (κ3) is 3.74. The van der Waals surface area contributed by atoms with Gasteiger partial charge in [0.05, 0.1) is 16.6 Å². The van der Waals surface area contributed by atoms with Gasteiger partial charge in [0.2, 0.25) is 11.8 Å². The maximum Gasteiger partial charge on any atom is 0.240 e. The first-order chi connectivity index (χ1) is 12.0. The van der Waals surface area contributed by atoms with Crippen molar-refractivity contribution in [3.8, 4) is 5.69 Å². The fraction of sp³-hybridized carbons (Fsp3) is 0.294. The third-order valence-corrected chi connectivity index (χ3v) is 4.72. The maximum atomic E-state index is 12.4. The summed E-state index contributed by atoms with van der Waals surface area (Å²) >= 11 is 1.34. The Labute approximate surface area is 149 Å². The number of amides is 1. The molecule has 3 rings (SSSR count). The van der Waals surface area contributed by atoms with E-state index in [2.05, 4.69) is 20.7 Å². The van der Waals surface area contributed by atoms with Gasteiger partial charge in [-0.1, -0.05) is 35.1 Å². The van der Waals surface area contributed by atoms with Gasteiger partial charge in [-0.25, -0.2) is 0 Å². The number of rotatable bonds is 5. The van der Waals surface area contributed by atoms with E-state index in [0.29, 0.717) is 16.7 Å². The molecule has 0 aliphatic rings. The van der Waals surface area contributed by atoms with E-state index in [-0.39, 0.29) is 11.2 Å². The molecule has 3 aromatic rings. The molecule has 1 amide bonds. The Morgan fingerprint density at radius 3 is 2.68 bits per heavy atom. The molecule has 130 valence electrons. The van der Waals surface area contributed by atoms with Gasteiger partial charge in [-0.2, -0.15) is 0 Å². The molecule has 1 atom stereocenters. The smallest absolute Gasteiger partial charge is 0.240 e. The summed E-state index contributed by atoms with van der Waals surface area (Å²) in [6.07, 6.45) is 0. The van der Waals surface area contributed by atoms with E-state index in [9.17, 15) is 4.79 Å². The molecule has 0 saturated heterocycles. The topological polar surface area (TPSA) is 85.8 Å². The molecule has 0 fully saturated rings. The lowest BCUT2D eigenvalue weighted by molar-refractivity contribution is -0.115. The van der Waals surface area contributed by atoms with Crippen molar-refractivity contribution >= 4 is 23.6 Å². The highest BCUT2D eigenvalue weighted by molar-refractivity contribution is 8.00. The van der Waals surface area contributed by atoms with Crippen LogP contribution in [0.4, 0.5) is 5.88 Å². The first-order valence-corrected chi connectivity index (χ1v) is 8.72. The van der Waals surface area contributed by atoms with Crippen LogP contribution in [0.15, 0.2) is 40.0 Å². The fourth-order valence-corrected chi connectivity index (χ4v) is 3.27. The summed E-state index contributed by atoms with van der Waals surface area (Å²) in [6, 6.07) is 9.68. The van der Waals surface area contributed by atoms with Crippen LogP contribution in [0.3, 0.4) is 0 Å². The van der Waals surface area contributed by atoms with E-state index < -0.39 is 0 Å². The van der Waals surface area contributed by atoms with Gasteiger partial charge >= 0.3 is 0 Å². The van der Waals surface area contributed by atoms with Crippen LogP contribution >= 0.6 is 11.8 Å². The predicted molar refractivity (Wildman–Crippen MR) is 96.0 cm³/mol. The van der Waals surface area contributed by atoms with Crippen LogP contribution in [0.25, 0.3) is 5.69 Å². The number of anilines is 1. The van der Waals surface area contributed by atoms with Gasteiger partial charge in [-0.3, -0.25) is 14.7 Å². The van der Waals surface area contributed by atoms with E-state index >= 15 is 0 Å². The second-order valence-corrected chi connectivity index (χ2v) is 7.04. The fourth-order valence-electron chi connectivity index (χ4n) is 2.37. The zero-order chi connectivity index (χ0) is 18.0. The van der Waals surface area contributed by atoms with Crippen LogP contribution in [0.5, 0.6) is 0 Å². The maximum absolute atomic E-state index is 12.4. The van der Waals surface area contributed by atoms with Crippen LogP contribution in [-0.2, 0) is 4.79 Å². The monoisotopic (exact) mass is 357 g/mol. The quantitative estimate of drug-likeness (QED) is 0.705. The van der Waals surface area contributed by atoms with E-state index in [1.807, 2.05) is 49.6 Å². The highest BCUT2D eigenvalue weighted by Crippen LogP contribution is 2.27.